The Balaban J connectivity index is 1.81. The SMILES string of the molecule is CCN(CC)CCNC(=O)C1CCCN(C(=O)c2ccoc2)C1. The molecule has 0 bridgehead atoms. The predicted molar refractivity (Wildman–Crippen MR) is 88.1 cm³/mol. The van der Waals surface area contributed by atoms with Crippen LogP contribution in [0.2, 0.25) is 0 Å². The zero-order chi connectivity index (χ0) is 16.7. The average molecular weight is 321 g/mol. The third kappa shape index (κ3) is 4.82. The highest BCUT2D eigenvalue weighted by atomic mass is 16.3. The number of likely N-dealkylation sites (tertiary alicyclic amines) is 1. The molecule has 6 nitrogen and oxygen atoms in total. The van der Waals surface area contributed by atoms with Crippen molar-refractivity contribution >= 4 is 11.8 Å². The molecule has 0 aromatic carbocycles. The fraction of sp³-hybridized carbons (Fsp3) is 0.647. The van der Waals surface area contributed by atoms with Gasteiger partial charge in [-0.15, -0.1) is 0 Å². The highest BCUT2D eigenvalue weighted by Crippen LogP contribution is 2.19. The van der Waals surface area contributed by atoms with Gasteiger partial charge in [-0.3, -0.25) is 9.59 Å². The summed E-state index contributed by atoms with van der Waals surface area (Å²) >= 11 is 0. The minimum absolute atomic E-state index is 0.0561. The van der Waals surface area contributed by atoms with Gasteiger partial charge in [0, 0.05) is 26.2 Å². The van der Waals surface area contributed by atoms with Crippen LogP contribution in [0.4, 0.5) is 0 Å². The van der Waals surface area contributed by atoms with Crippen LogP contribution in [-0.2, 0) is 4.79 Å². The summed E-state index contributed by atoms with van der Waals surface area (Å²) in [6.07, 6.45) is 4.65. The van der Waals surface area contributed by atoms with Crippen molar-refractivity contribution in [2.45, 2.75) is 26.7 Å². The van der Waals surface area contributed by atoms with Gasteiger partial charge in [-0.05, 0) is 32.0 Å². The van der Waals surface area contributed by atoms with E-state index in [4.69, 9.17) is 4.42 Å². The number of furan rings is 1. The minimum atomic E-state index is -0.115. The van der Waals surface area contributed by atoms with Crippen molar-refractivity contribution in [2.75, 3.05) is 39.3 Å². The molecule has 1 fully saturated rings. The van der Waals surface area contributed by atoms with Gasteiger partial charge in [-0.1, -0.05) is 13.8 Å². The molecule has 1 aliphatic heterocycles. The molecule has 6 heteroatoms. The third-order valence-electron chi connectivity index (χ3n) is 4.47. The van der Waals surface area contributed by atoms with Crippen molar-refractivity contribution in [3.05, 3.63) is 24.2 Å². The number of nitrogens with one attached hydrogen (secondary N) is 1. The van der Waals surface area contributed by atoms with E-state index in [0.29, 0.717) is 25.2 Å². The summed E-state index contributed by atoms with van der Waals surface area (Å²) in [6.45, 7) is 8.92. The molecule has 1 aliphatic rings. The van der Waals surface area contributed by atoms with Crippen LogP contribution in [-0.4, -0.2) is 60.9 Å². The van der Waals surface area contributed by atoms with E-state index >= 15 is 0 Å². The van der Waals surface area contributed by atoms with Crippen molar-refractivity contribution in [3.63, 3.8) is 0 Å². The Morgan fingerprint density at radius 3 is 2.83 bits per heavy atom. The third-order valence-corrected chi connectivity index (χ3v) is 4.47. The van der Waals surface area contributed by atoms with Crippen LogP contribution >= 0.6 is 0 Å². The lowest BCUT2D eigenvalue weighted by Crippen LogP contribution is -2.46. The van der Waals surface area contributed by atoms with Crippen LogP contribution in [0.3, 0.4) is 0 Å². The molecule has 2 rings (SSSR count). The van der Waals surface area contributed by atoms with Gasteiger partial charge >= 0.3 is 0 Å². The van der Waals surface area contributed by atoms with Crippen LogP contribution in [0, 0.1) is 5.92 Å². The summed E-state index contributed by atoms with van der Waals surface area (Å²) < 4.78 is 4.97. The van der Waals surface area contributed by atoms with Gasteiger partial charge < -0.3 is 19.5 Å². The Bertz CT molecular complexity index is 497. The number of carbonyl (C=O) groups excluding carboxylic acids is 2. The predicted octanol–water partition coefficient (Wildman–Crippen LogP) is 1.59. The fourth-order valence-corrected chi connectivity index (χ4v) is 2.97. The number of amides is 2. The molecular weight excluding hydrogens is 294 g/mol. The number of hydrogen-bond donors (Lipinski definition) is 1. The highest BCUT2D eigenvalue weighted by Gasteiger charge is 2.29. The Kier molecular flexibility index (Phi) is 6.65. The van der Waals surface area contributed by atoms with Crippen LogP contribution in [0.15, 0.2) is 23.0 Å². The Hall–Kier alpha value is -1.82. The molecule has 1 aromatic heterocycles. The van der Waals surface area contributed by atoms with E-state index in [9.17, 15) is 9.59 Å². The highest BCUT2D eigenvalue weighted by molar-refractivity contribution is 5.94. The first-order valence-corrected chi connectivity index (χ1v) is 8.47. The fourth-order valence-electron chi connectivity index (χ4n) is 2.97. The number of piperidine rings is 1. The van der Waals surface area contributed by atoms with Gasteiger partial charge in [0.25, 0.3) is 5.91 Å². The maximum Gasteiger partial charge on any atom is 0.257 e. The van der Waals surface area contributed by atoms with Crippen molar-refractivity contribution in [3.8, 4) is 0 Å². The van der Waals surface area contributed by atoms with Crippen molar-refractivity contribution in [1.29, 1.82) is 0 Å². The first-order valence-electron chi connectivity index (χ1n) is 8.47. The molecule has 2 amide bonds. The van der Waals surface area contributed by atoms with E-state index in [1.165, 1.54) is 12.5 Å². The molecule has 2 heterocycles. The second-order valence-corrected chi connectivity index (χ2v) is 5.92. The zero-order valence-corrected chi connectivity index (χ0v) is 14.1. The Morgan fingerprint density at radius 2 is 2.17 bits per heavy atom. The maximum atomic E-state index is 12.3. The largest absolute Gasteiger partial charge is 0.472 e. The van der Waals surface area contributed by atoms with E-state index in [-0.39, 0.29) is 17.7 Å². The maximum absolute atomic E-state index is 12.3. The molecule has 23 heavy (non-hydrogen) atoms. The number of carbonyl (C=O) groups is 2. The lowest BCUT2D eigenvalue weighted by molar-refractivity contribution is -0.126. The smallest absolute Gasteiger partial charge is 0.257 e. The van der Waals surface area contributed by atoms with E-state index in [2.05, 4.69) is 24.1 Å². The van der Waals surface area contributed by atoms with Gasteiger partial charge in [-0.25, -0.2) is 0 Å². The van der Waals surface area contributed by atoms with Crippen molar-refractivity contribution in [2.24, 2.45) is 5.92 Å². The topological polar surface area (TPSA) is 65.8 Å². The molecule has 1 N–H and O–H groups in total. The van der Waals surface area contributed by atoms with Gasteiger partial charge in [0.2, 0.25) is 5.91 Å². The van der Waals surface area contributed by atoms with Crippen molar-refractivity contribution < 1.29 is 14.0 Å². The Morgan fingerprint density at radius 1 is 1.39 bits per heavy atom. The average Bonchev–Trinajstić information content (AvgIpc) is 3.12. The van der Waals surface area contributed by atoms with Crippen LogP contribution < -0.4 is 5.32 Å². The number of rotatable bonds is 7. The number of likely N-dealkylation sites (N-methyl/N-ethyl adjacent to an activating group) is 1. The molecule has 1 saturated heterocycles. The Labute approximate surface area is 137 Å². The molecule has 1 atom stereocenters. The molecule has 128 valence electrons. The van der Waals surface area contributed by atoms with Crippen LogP contribution in [0.1, 0.15) is 37.0 Å². The summed E-state index contributed by atoms with van der Waals surface area (Å²) in [5, 5.41) is 3.01. The normalized spacial score (nSPS) is 18.2. The zero-order valence-electron chi connectivity index (χ0n) is 14.1. The summed E-state index contributed by atoms with van der Waals surface area (Å²) in [6, 6.07) is 1.66. The molecular formula is C17H27N3O3. The molecule has 0 saturated carbocycles. The first-order chi connectivity index (χ1) is 11.2. The minimum Gasteiger partial charge on any atom is -0.472 e. The van der Waals surface area contributed by atoms with Crippen LogP contribution in [0.5, 0.6) is 0 Å². The lowest BCUT2D eigenvalue weighted by atomic mass is 9.96. The van der Waals surface area contributed by atoms with E-state index in [0.717, 1.165) is 32.5 Å². The standard InChI is InChI=1S/C17H27N3O3/c1-3-19(4-2)10-8-18-16(21)14-6-5-9-20(12-14)17(22)15-7-11-23-13-15/h7,11,13-14H,3-6,8-10,12H2,1-2H3,(H,18,21). The molecule has 1 unspecified atom stereocenters. The van der Waals surface area contributed by atoms with E-state index in [1.807, 2.05) is 0 Å². The molecule has 1 aromatic rings. The number of hydrogen-bond acceptors (Lipinski definition) is 4. The van der Waals surface area contributed by atoms with Crippen LogP contribution in [0.25, 0.3) is 0 Å². The van der Waals surface area contributed by atoms with Gasteiger partial charge in [0.05, 0.1) is 17.7 Å². The summed E-state index contributed by atoms with van der Waals surface area (Å²) in [5.41, 5.74) is 0.549. The van der Waals surface area contributed by atoms with Gasteiger partial charge in [0.1, 0.15) is 6.26 Å². The summed E-state index contributed by atoms with van der Waals surface area (Å²) in [4.78, 5) is 28.7. The number of nitrogens with zero attached hydrogens (tertiary/aromatic N) is 2. The van der Waals surface area contributed by atoms with E-state index < -0.39 is 0 Å². The summed E-state index contributed by atoms with van der Waals surface area (Å²) in [5.74, 6) is -0.113. The van der Waals surface area contributed by atoms with Gasteiger partial charge in [-0.2, -0.15) is 0 Å². The lowest BCUT2D eigenvalue weighted by Gasteiger charge is -2.32. The van der Waals surface area contributed by atoms with Crippen molar-refractivity contribution in [1.82, 2.24) is 15.1 Å². The quantitative estimate of drug-likeness (QED) is 0.828. The second-order valence-electron chi connectivity index (χ2n) is 5.92. The molecule has 0 aliphatic carbocycles. The summed E-state index contributed by atoms with van der Waals surface area (Å²) in [7, 11) is 0. The molecule has 0 radical (unpaired) electrons. The van der Waals surface area contributed by atoms with E-state index in [1.54, 1.807) is 11.0 Å². The monoisotopic (exact) mass is 321 g/mol. The second kappa shape index (κ2) is 8.72. The first kappa shape index (κ1) is 17.5. The van der Waals surface area contributed by atoms with Gasteiger partial charge in [0.15, 0.2) is 0 Å². The molecule has 0 spiro atoms.